The van der Waals surface area contributed by atoms with E-state index in [2.05, 4.69) is 194 Å². The van der Waals surface area contributed by atoms with Crippen molar-refractivity contribution < 1.29 is 0 Å². The molecule has 10 rings (SSSR count). The number of hydrogen-bond acceptors (Lipinski definition) is 5. The number of pyridine rings is 1. The molecule has 3 aromatic heterocycles. The van der Waals surface area contributed by atoms with Gasteiger partial charge in [0.15, 0.2) is 11.6 Å². The zero-order chi connectivity index (χ0) is 40.1. The van der Waals surface area contributed by atoms with Gasteiger partial charge in [-0.3, -0.25) is 0 Å². The largest absolute Gasteiger partial charge is 0.248 e. The van der Waals surface area contributed by atoms with Gasteiger partial charge in [0.2, 0.25) is 0 Å². The third kappa shape index (κ3) is 8.03. The van der Waals surface area contributed by atoms with Crippen molar-refractivity contribution in [1.82, 2.24) is 24.9 Å². The van der Waals surface area contributed by atoms with Crippen molar-refractivity contribution in [3.63, 3.8) is 0 Å². The van der Waals surface area contributed by atoms with Gasteiger partial charge in [0.1, 0.15) is 0 Å². The molecular weight excluding hydrogens is 731 g/mol. The van der Waals surface area contributed by atoms with Crippen molar-refractivity contribution in [2.75, 3.05) is 0 Å². The molecule has 3 heterocycles. The summed E-state index contributed by atoms with van der Waals surface area (Å²) >= 11 is 0. The van der Waals surface area contributed by atoms with E-state index in [-0.39, 0.29) is 17.8 Å². The molecule has 0 bridgehead atoms. The number of aromatic nitrogens is 5. The van der Waals surface area contributed by atoms with E-state index < -0.39 is 0 Å². The van der Waals surface area contributed by atoms with Gasteiger partial charge in [0.25, 0.3) is 0 Å². The van der Waals surface area contributed by atoms with Gasteiger partial charge in [0.05, 0.1) is 22.8 Å². The smallest absolute Gasteiger partial charge is 0.160 e. The van der Waals surface area contributed by atoms with Gasteiger partial charge in [0, 0.05) is 56.6 Å². The summed E-state index contributed by atoms with van der Waals surface area (Å²) in [5.74, 6) is 1.90. The van der Waals surface area contributed by atoms with Crippen LogP contribution in [0.15, 0.2) is 206 Å². The first-order chi connectivity index (χ1) is 29.7. The zero-order valence-electron chi connectivity index (χ0n) is 33.2. The molecule has 2 atom stereocenters. The van der Waals surface area contributed by atoms with Crippen LogP contribution in [0.25, 0.3) is 67.8 Å². The topological polar surface area (TPSA) is 64.5 Å². The molecule has 0 spiro atoms. The van der Waals surface area contributed by atoms with Gasteiger partial charge in [-0.1, -0.05) is 182 Å². The Labute approximate surface area is 351 Å². The third-order valence-electron chi connectivity index (χ3n) is 11.7. The molecule has 5 heteroatoms. The summed E-state index contributed by atoms with van der Waals surface area (Å²) < 4.78 is 0. The summed E-state index contributed by atoms with van der Waals surface area (Å²) in [7, 11) is 0. The predicted octanol–water partition coefficient (Wildman–Crippen LogP) is 13.5. The molecule has 1 aliphatic carbocycles. The van der Waals surface area contributed by atoms with Crippen molar-refractivity contribution in [1.29, 1.82) is 0 Å². The fraction of sp³-hybridized carbons (Fsp3) is 0.109. The van der Waals surface area contributed by atoms with Crippen molar-refractivity contribution in [3.05, 3.63) is 223 Å². The monoisotopic (exact) mass is 773 g/mol. The van der Waals surface area contributed by atoms with Gasteiger partial charge in [-0.05, 0) is 55.0 Å². The molecule has 0 radical (unpaired) electrons. The summed E-state index contributed by atoms with van der Waals surface area (Å²) in [5, 5.41) is 0. The standard InChI is InChI=1S/C55H43N5/c1-7-19-38(20-8-1)48-34-45(35-49(56-48)39-21-9-2-10-22-39)44-31-46(52-36-50(40-23-11-3-12-24-40)57-54(59-52)42-27-15-5-16-28-42)33-47(32-44)53-37-51(41-25-13-4-14-26-41)58-55(60-53)43-29-17-6-18-30-43/h1-30,34-37,44,46-47H,31-33H2. The van der Waals surface area contributed by atoms with Gasteiger partial charge in [-0.15, -0.1) is 0 Å². The minimum atomic E-state index is 0.116. The molecular formula is C55H43N5. The Morgan fingerprint density at radius 2 is 0.550 bits per heavy atom. The van der Waals surface area contributed by atoms with Crippen LogP contribution >= 0.6 is 0 Å². The highest BCUT2D eigenvalue weighted by Crippen LogP contribution is 2.49. The van der Waals surface area contributed by atoms with Crippen LogP contribution in [0.1, 0.15) is 54.0 Å². The highest BCUT2D eigenvalue weighted by atomic mass is 14.9. The Bertz CT molecular complexity index is 2340. The van der Waals surface area contributed by atoms with E-state index in [1.165, 1.54) is 5.56 Å². The summed E-state index contributed by atoms with van der Waals surface area (Å²) in [4.78, 5) is 26.4. The Kier molecular flexibility index (Phi) is 10.4. The highest BCUT2D eigenvalue weighted by Gasteiger charge is 2.35. The molecule has 5 nitrogen and oxygen atoms in total. The van der Waals surface area contributed by atoms with Crippen molar-refractivity contribution >= 4 is 0 Å². The first-order valence-electron chi connectivity index (χ1n) is 20.8. The molecule has 2 unspecified atom stereocenters. The maximum Gasteiger partial charge on any atom is 0.160 e. The fourth-order valence-corrected chi connectivity index (χ4v) is 8.67. The number of hydrogen-bond donors (Lipinski definition) is 0. The normalized spacial score (nSPS) is 16.3. The van der Waals surface area contributed by atoms with E-state index in [1.54, 1.807) is 0 Å². The second kappa shape index (κ2) is 16.8. The minimum absolute atomic E-state index is 0.116. The molecule has 6 aromatic carbocycles. The molecule has 1 saturated carbocycles. The quantitative estimate of drug-likeness (QED) is 0.146. The van der Waals surface area contributed by atoms with Crippen LogP contribution in [-0.4, -0.2) is 24.9 Å². The lowest BCUT2D eigenvalue weighted by Gasteiger charge is -2.35. The SMILES string of the molecule is c1ccc(-c2cc(C3CC(c4cc(-c5ccccc5)nc(-c5ccccc5)n4)CC(c4cc(-c5ccccc5)nc(-c5ccccc5)n4)C3)cc(-c3ccccc3)n2)cc1. The van der Waals surface area contributed by atoms with Crippen LogP contribution < -0.4 is 0 Å². The number of nitrogens with zero attached hydrogens (tertiary/aromatic N) is 5. The summed E-state index contributed by atoms with van der Waals surface area (Å²) in [6.45, 7) is 0. The average Bonchev–Trinajstić information content (AvgIpc) is 3.35. The second-order valence-electron chi connectivity index (χ2n) is 15.7. The van der Waals surface area contributed by atoms with Gasteiger partial charge in [-0.2, -0.15) is 0 Å². The van der Waals surface area contributed by atoms with E-state index >= 15 is 0 Å². The number of benzene rings is 6. The predicted molar refractivity (Wildman–Crippen MR) is 243 cm³/mol. The summed E-state index contributed by atoms with van der Waals surface area (Å²) in [6, 6.07) is 71.9. The first-order valence-corrected chi connectivity index (χ1v) is 20.8. The van der Waals surface area contributed by atoms with Crippen LogP contribution in [0.4, 0.5) is 0 Å². The Balaban J connectivity index is 1.15. The molecule has 0 amide bonds. The maximum absolute atomic E-state index is 5.41. The molecule has 9 aromatic rings. The fourth-order valence-electron chi connectivity index (χ4n) is 8.67. The van der Waals surface area contributed by atoms with E-state index in [0.29, 0.717) is 0 Å². The lowest BCUT2D eigenvalue weighted by Crippen LogP contribution is -2.22. The molecule has 1 fully saturated rings. The maximum atomic E-state index is 5.41. The van der Waals surface area contributed by atoms with Crippen molar-refractivity contribution in [2.45, 2.75) is 37.0 Å². The number of rotatable bonds is 9. The van der Waals surface area contributed by atoms with E-state index in [1.807, 2.05) is 12.1 Å². The Morgan fingerprint density at radius 3 is 0.883 bits per heavy atom. The van der Waals surface area contributed by atoms with Crippen LogP contribution in [0.3, 0.4) is 0 Å². The highest BCUT2D eigenvalue weighted by molar-refractivity contribution is 5.69. The average molecular weight is 774 g/mol. The van der Waals surface area contributed by atoms with Crippen LogP contribution in [0.5, 0.6) is 0 Å². The molecule has 0 saturated heterocycles. The Hall–Kier alpha value is -7.37. The van der Waals surface area contributed by atoms with Crippen LogP contribution in [0.2, 0.25) is 0 Å². The van der Waals surface area contributed by atoms with E-state index in [0.717, 1.165) is 98.5 Å². The van der Waals surface area contributed by atoms with Gasteiger partial charge >= 0.3 is 0 Å². The first kappa shape index (κ1) is 36.9. The zero-order valence-corrected chi connectivity index (χ0v) is 33.2. The summed E-state index contributed by atoms with van der Waals surface area (Å²) in [5.41, 5.74) is 13.6. The molecule has 0 aliphatic heterocycles. The van der Waals surface area contributed by atoms with E-state index in [4.69, 9.17) is 24.9 Å². The third-order valence-corrected chi connectivity index (χ3v) is 11.7. The Morgan fingerprint density at radius 1 is 0.267 bits per heavy atom. The van der Waals surface area contributed by atoms with Crippen molar-refractivity contribution in [3.8, 4) is 67.8 Å². The molecule has 60 heavy (non-hydrogen) atoms. The molecule has 288 valence electrons. The summed E-state index contributed by atoms with van der Waals surface area (Å²) in [6.07, 6.45) is 2.73. The minimum Gasteiger partial charge on any atom is -0.248 e. The van der Waals surface area contributed by atoms with Gasteiger partial charge < -0.3 is 0 Å². The molecule has 0 N–H and O–H groups in total. The van der Waals surface area contributed by atoms with Crippen LogP contribution in [0, 0.1) is 0 Å². The van der Waals surface area contributed by atoms with E-state index in [9.17, 15) is 0 Å². The van der Waals surface area contributed by atoms with Gasteiger partial charge in [-0.25, -0.2) is 24.9 Å². The lowest BCUT2D eigenvalue weighted by molar-refractivity contribution is 0.343. The second-order valence-corrected chi connectivity index (χ2v) is 15.7. The van der Waals surface area contributed by atoms with Crippen LogP contribution in [-0.2, 0) is 0 Å². The van der Waals surface area contributed by atoms with Crippen molar-refractivity contribution in [2.24, 2.45) is 0 Å². The lowest BCUT2D eigenvalue weighted by atomic mass is 9.70. The molecule has 1 aliphatic rings.